The molecule has 3 atom stereocenters. The van der Waals surface area contributed by atoms with Gasteiger partial charge in [0.25, 0.3) is 5.69 Å². The van der Waals surface area contributed by atoms with E-state index in [1.807, 2.05) is 20.8 Å². The van der Waals surface area contributed by atoms with Crippen molar-refractivity contribution in [3.05, 3.63) is 51.2 Å². The van der Waals surface area contributed by atoms with Crippen molar-refractivity contribution in [3.8, 4) is 0 Å². The van der Waals surface area contributed by atoms with Crippen LogP contribution in [0.3, 0.4) is 0 Å². The number of non-ortho nitro benzene ring substituents is 1. The Balaban J connectivity index is 1.88. The van der Waals surface area contributed by atoms with Crippen molar-refractivity contribution in [3.63, 3.8) is 0 Å². The second-order valence-corrected chi connectivity index (χ2v) is 8.75. The van der Waals surface area contributed by atoms with E-state index >= 15 is 0 Å². The summed E-state index contributed by atoms with van der Waals surface area (Å²) in [5, 5.41) is 10.8. The van der Waals surface area contributed by atoms with E-state index < -0.39 is 22.8 Å². The van der Waals surface area contributed by atoms with Gasteiger partial charge in [-0.1, -0.05) is 20.8 Å². The molecule has 0 bridgehead atoms. The molecule has 0 saturated carbocycles. The number of fused-ring (bicyclic) bond motifs is 1. The second-order valence-electron chi connectivity index (χ2n) is 8.75. The van der Waals surface area contributed by atoms with E-state index in [9.17, 15) is 29.3 Å². The fourth-order valence-corrected chi connectivity index (χ4v) is 4.55. The lowest BCUT2D eigenvalue weighted by atomic mass is 9.74. The van der Waals surface area contributed by atoms with Gasteiger partial charge in [-0.25, -0.2) is 9.59 Å². The van der Waals surface area contributed by atoms with Gasteiger partial charge < -0.3 is 15.4 Å². The van der Waals surface area contributed by atoms with Crippen LogP contribution in [0, 0.1) is 27.9 Å². The smallest absolute Gasteiger partial charge is 0.362 e. The predicted octanol–water partition coefficient (Wildman–Crippen LogP) is 1.08. The average Bonchev–Trinajstić information content (AvgIpc) is 2.95. The molecule has 0 unspecified atom stereocenters. The third-order valence-electron chi connectivity index (χ3n) is 6.07. The minimum Gasteiger partial charge on any atom is -0.385 e. The van der Waals surface area contributed by atoms with Crippen molar-refractivity contribution in [2.75, 3.05) is 20.1 Å². The van der Waals surface area contributed by atoms with Crippen LogP contribution >= 0.6 is 0 Å². The number of esters is 2. The maximum absolute atomic E-state index is 13.1. The summed E-state index contributed by atoms with van der Waals surface area (Å²) < 4.78 is 5.05. The lowest BCUT2D eigenvalue weighted by Crippen LogP contribution is -2.62. The van der Waals surface area contributed by atoms with Gasteiger partial charge in [0.15, 0.2) is 0 Å². The summed E-state index contributed by atoms with van der Waals surface area (Å²) in [6, 6.07) is 4.39. The van der Waals surface area contributed by atoms with Crippen LogP contribution in [-0.2, 0) is 19.1 Å². The van der Waals surface area contributed by atoms with Crippen LogP contribution in [0.25, 0.3) is 0 Å². The average molecular weight is 458 g/mol. The number of likely N-dealkylation sites (N-methyl/N-ethyl adjacent to an activating group) is 1. The highest BCUT2D eigenvalue weighted by Crippen LogP contribution is 2.48. The molecule has 11 nitrogen and oxygen atoms in total. The zero-order valence-electron chi connectivity index (χ0n) is 18.8. The highest BCUT2D eigenvalue weighted by molar-refractivity contribution is 6.06. The van der Waals surface area contributed by atoms with E-state index in [2.05, 4.69) is 0 Å². The summed E-state index contributed by atoms with van der Waals surface area (Å²) in [5.41, 5.74) is 5.60. The number of primary amides is 1. The Hall–Kier alpha value is -3.60. The van der Waals surface area contributed by atoms with Gasteiger partial charge in [0, 0.05) is 24.6 Å². The molecule has 1 fully saturated rings. The lowest BCUT2D eigenvalue weighted by molar-refractivity contribution is -0.384. The van der Waals surface area contributed by atoms with Crippen LogP contribution in [0.2, 0.25) is 0 Å². The van der Waals surface area contributed by atoms with Crippen LogP contribution in [0.5, 0.6) is 0 Å². The SMILES string of the molecule is CC(C)[C@H]1C(=O)N2C(C(=O)OC(=O)c3ccc([N+](=O)[O-])cc3)=C(CN(C)CC(N)=O)[C@H](C)[C@H]12. The summed E-state index contributed by atoms with van der Waals surface area (Å²) in [7, 11) is 1.66. The largest absolute Gasteiger partial charge is 0.385 e. The number of nitrogens with zero attached hydrogens (tertiary/aromatic N) is 3. The Labute approximate surface area is 190 Å². The molecule has 3 rings (SSSR count). The fraction of sp³-hybridized carbons (Fsp3) is 0.455. The first kappa shape index (κ1) is 24.1. The predicted molar refractivity (Wildman–Crippen MR) is 115 cm³/mol. The highest BCUT2D eigenvalue weighted by atomic mass is 16.6. The molecular formula is C22H26N4O7. The number of carbonyl (C=O) groups is 4. The molecule has 1 aromatic carbocycles. The van der Waals surface area contributed by atoms with Crippen molar-refractivity contribution in [1.29, 1.82) is 0 Å². The second kappa shape index (κ2) is 9.10. The summed E-state index contributed by atoms with van der Waals surface area (Å²) in [4.78, 5) is 62.9. The van der Waals surface area contributed by atoms with Crippen molar-refractivity contribution >= 4 is 29.4 Å². The normalized spacial score (nSPS) is 21.8. The number of amides is 2. The standard InChI is InChI=1S/C22H26N4O7/c1-11(2)17-18-12(3)15(9-24(4)10-16(23)27)19(25(18)20(17)28)22(30)33-21(29)13-5-7-14(8-6-13)26(31)32/h5-8,11-12,17-18H,9-10H2,1-4H3,(H2,23,27)/t12-,17+,18+/m0/s1. The maximum atomic E-state index is 13.1. The molecule has 2 heterocycles. The Kier molecular flexibility index (Phi) is 6.63. The van der Waals surface area contributed by atoms with Crippen molar-refractivity contribution in [2.24, 2.45) is 23.5 Å². The Morgan fingerprint density at radius 1 is 1.21 bits per heavy atom. The summed E-state index contributed by atoms with van der Waals surface area (Å²) in [6.07, 6.45) is 0. The van der Waals surface area contributed by atoms with Crippen LogP contribution in [0.15, 0.2) is 35.5 Å². The molecule has 1 saturated heterocycles. The molecule has 2 aliphatic heterocycles. The summed E-state index contributed by atoms with van der Waals surface area (Å²) >= 11 is 0. The van der Waals surface area contributed by atoms with E-state index in [-0.39, 0.29) is 59.7 Å². The van der Waals surface area contributed by atoms with Crippen LogP contribution in [0.1, 0.15) is 31.1 Å². The molecular weight excluding hydrogens is 432 g/mol. The van der Waals surface area contributed by atoms with Gasteiger partial charge in [0.1, 0.15) is 5.70 Å². The van der Waals surface area contributed by atoms with E-state index in [0.717, 1.165) is 12.1 Å². The summed E-state index contributed by atoms with van der Waals surface area (Å²) in [5.74, 6) is -3.13. The van der Waals surface area contributed by atoms with E-state index in [1.165, 1.54) is 17.0 Å². The van der Waals surface area contributed by atoms with E-state index in [0.29, 0.717) is 5.57 Å². The first-order valence-electron chi connectivity index (χ1n) is 10.5. The van der Waals surface area contributed by atoms with Crippen LogP contribution in [-0.4, -0.2) is 64.7 Å². The number of nitro benzene ring substituents is 1. The van der Waals surface area contributed by atoms with Crippen molar-refractivity contribution in [1.82, 2.24) is 9.80 Å². The molecule has 0 radical (unpaired) electrons. The molecule has 33 heavy (non-hydrogen) atoms. The minimum absolute atomic E-state index is 0.000909. The monoisotopic (exact) mass is 458 g/mol. The highest BCUT2D eigenvalue weighted by Gasteiger charge is 2.59. The zero-order chi connectivity index (χ0) is 24.6. The first-order valence-corrected chi connectivity index (χ1v) is 10.5. The summed E-state index contributed by atoms with van der Waals surface area (Å²) in [6.45, 7) is 5.89. The molecule has 0 aromatic heterocycles. The number of benzene rings is 1. The Morgan fingerprint density at radius 2 is 1.82 bits per heavy atom. The van der Waals surface area contributed by atoms with Gasteiger partial charge in [-0.05, 0) is 30.7 Å². The molecule has 2 aliphatic rings. The van der Waals surface area contributed by atoms with Gasteiger partial charge in [-0.2, -0.15) is 0 Å². The number of carbonyl (C=O) groups excluding carboxylic acids is 4. The van der Waals surface area contributed by atoms with Gasteiger partial charge in [-0.15, -0.1) is 0 Å². The number of ether oxygens (including phenoxy) is 1. The molecule has 0 aliphatic carbocycles. The lowest BCUT2D eigenvalue weighted by Gasteiger charge is -2.47. The maximum Gasteiger partial charge on any atom is 0.362 e. The van der Waals surface area contributed by atoms with Gasteiger partial charge >= 0.3 is 11.9 Å². The van der Waals surface area contributed by atoms with Gasteiger partial charge in [-0.3, -0.25) is 24.6 Å². The van der Waals surface area contributed by atoms with E-state index in [4.69, 9.17) is 10.5 Å². The third-order valence-corrected chi connectivity index (χ3v) is 6.07. The van der Waals surface area contributed by atoms with Crippen LogP contribution in [0.4, 0.5) is 5.69 Å². The Morgan fingerprint density at radius 3 is 2.33 bits per heavy atom. The third kappa shape index (κ3) is 4.49. The number of rotatable bonds is 8. The first-order chi connectivity index (χ1) is 15.4. The van der Waals surface area contributed by atoms with Crippen molar-refractivity contribution in [2.45, 2.75) is 26.8 Å². The van der Waals surface area contributed by atoms with Crippen LogP contribution < -0.4 is 5.73 Å². The molecule has 2 amide bonds. The molecule has 0 spiro atoms. The minimum atomic E-state index is -0.989. The quantitative estimate of drug-likeness (QED) is 0.200. The Bertz CT molecular complexity index is 1050. The zero-order valence-corrected chi connectivity index (χ0v) is 18.8. The number of β-lactam (4-membered cyclic amide) rings is 1. The van der Waals surface area contributed by atoms with E-state index in [1.54, 1.807) is 11.9 Å². The van der Waals surface area contributed by atoms with Gasteiger partial charge in [0.2, 0.25) is 11.8 Å². The fourth-order valence-electron chi connectivity index (χ4n) is 4.55. The molecule has 2 N–H and O–H groups in total. The number of nitro groups is 1. The molecule has 176 valence electrons. The van der Waals surface area contributed by atoms with Crippen molar-refractivity contribution < 1.29 is 28.8 Å². The number of hydrogen-bond donors (Lipinski definition) is 1. The van der Waals surface area contributed by atoms with Gasteiger partial charge in [0.05, 0.1) is 29.0 Å². The molecule has 11 heteroatoms. The number of hydrogen-bond acceptors (Lipinski definition) is 8. The number of nitrogens with two attached hydrogens (primary N) is 1. The molecule has 1 aromatic rings. The topological polar surface area (TPSA) is 153 Å².